The summed E-state index contributed by atoms with van der Waals surface area (Å²) in [6.07, 6.45) is 7.71. The Kier molecular flexibility index (Phi) is 11.7. The first-order valence-corrected chi connectivity index (χ1v) is 18.7. The number of anilines is 1. The zero-order chi connectivity index (χ0) is 36.9. The number of amides is 2. The highest BCUT2D eigenvalue weighted by molar-refractivity contribution is 6.10. The number of fused-ring (bicyclic) bond motifs is 8. The Bertz CT molecular complexity index is 1730. The molecule has 9 heteroatoms. The molecule has 3 aromatic rings. The molecule has 2 amide bonds. The summed E-state index contributed by atoms with van der Waals surface area (Å²) in [6, 6.07) is 20.1. The summed E-state index contributed by atoms with van der Waals surface area (Å²) in [7, 11) is 3.20. The van der Waals surface area contributed by atoms with E-state index >= 15 is 0 Å². The molecule has 1 heterocycles. The lowest BCUT2D eigenvalue weighted by Gasteiger charge is -2.46. The molecule has 2 fully saturated rings. The molecule has 52 heavy (non-hydrogen) atoms. The Balaban J connectivity index is 1.38. The number of ether oxygens (including phenoxy) is 3. The van der Waals surface area contributed by atoms with Crippen molar-refractivity contribution in [2.75, 3.05) is 39.2 Å². The van der Waals surface area contributed by atoms with E-state index in [1.165, 1.54) is 5.57 Å². The number of urea groups is 1. The molecular weight excluding hydrogens is 656 g/mol. The molecule has 3 N–H and O–H groups in total. The lowest BCUT2D eigenvalue weighted by atomic mass is 9.64. The summed E-state index contributed by atoms with van der Waals surface area (Å²) in [5.41, 5.74) is 2.82. The van der Waals surface area contributed by atoms with E-state index in [2.05, 4.69) is 25.2 Å². The highest BCUT2D eigenvalue weighted by Gasteiger charge is 2.57. The molecule has 3 aliphatic carbocycles. The van der Waals surface area contributed by atoms with Crippen LogP contribution in [0.1, 0.15) is 98.2 Å². The van der Waals surface area contributed by atoms with Gasteiger partial charge in [-0.3, -0.25) is 4.79 Å². The van der Waals surface area contributed by atoms with Crippen LogP contribution in [0.2, 0.25) is 0 Å². The molecule has 3 aromatic carbocycles. The summed E-state index contributed by atoms with van der Waals surface area (Å²) < 4.78 is 16.7. The van der Waals surface area contributed by atoms with Crippen molar-refractivity contribution in [3.8, 4) is 11.5 Å². The number of benzene rings is 3. The van der Waals surface area contributed by atoms with Gasteiger partial charge in [-0.1, -0.05) is 30.7 Å². The van der Waals surface area contributed by atoms with E-state index in [1.54, 1.807) is 67.7 Å². The van der Waals surface area contributed by atoms with Gasteiger partial charge in [-0.2, -0.15) is 0 Å². The zero-order valence-electron chi connectivity index (χ0n) is 31.0. The SMILES string of the molecule is COc1ccc(NC(=O)N(CC2CCCO2)CC2(O)CCC3c4ccc(cc4C(=O)c4ccc(OC)cc4)CC(O)CCC(C)=CCCC32C)cc1. The maximum Gasteiger partial charge on any atom is 0.322 e. The summed E-state index contributed by atoms with van der Waals surface area (Å²) in [4.78, 5) is 30.2. The van der Waals surface area contributed by atoms with Gasteiger partial charge in [0, 0.05) is 35.4 Å². The number of ketones is 1. The second-order valence-electron chi connectivity index (χ2n) is 15.2. The number of methoxy groups -OCH3 is 2. The molecule has 0 radical (unpaired) electrons. The maximum atomic E-state index is 14.4. The standard InChI is InChI=1S/C43H54N2O7/c1-29-7-5-22-42(2)39(37-20-10-30(25-33(46)15-9-29)26-38(37)40(47)31-11-16-34(50-3)17-12-31)21-23-43(42,49)28-45(27-36-8-6-24-52-36)41(48)44-32-13-18-35(51-4)19-14-32/h7,10-14,16-20,26,33,36,39,46,49H,5-6,8-9,15,21-25,27-28H2,1-4H3,(H,44,48). The van der Waals surface area contributed by atoms with Crippen LogP contribution in [-0.2, 0) is 11.2 Å². The van der Waals surface area contributed by atoms with Crippen molar-refractivity contribution in [1.82, 2.24) is 4.90 Å². The average Bonchev–Trinajstić information content (AvgIpc) is 3.75. The first-order chi connectivity index (χ1) is 25.0. The number of carbonyl (C=O) groups excluding carboxylic acids is 2. The van der Waals surface area contributed by atoms with Crippen molar-refractivity contribution in [1.29, 1.82) is 0 Å². The maximum absolute atomic E-state index is 14.4. The van der Waals surface area contributed by atoms with Crippen molar-refractivity contribution >= 4 is 17.5 Å². The van der Waals surface area contributed by atoms with Crippen LogP contribution in [0, 0.1) is 5.41 Å². The Morgan fingerprint density at radius 3 is 2.35 bits per heavy atom. The first-order valence-electron chi connectivity index (χ1n) is 18.7. The van der Waals surface area contributed by atoms with Gasteiger partial charge in [0.25, 0.3) is 0 Å². The van der Waals surface area contributed by atoms with Crippen LogP contribution in [0.15, 0.2) is 78.4 Å². The Labute approximate surface area is 308 Å². The van der Waals surface area contributed by atoms with Crippen LogP contribution in [0.5, 0.6) is 11.5 Å². The van der Waals surface area contributed by atoms with Crippen molar-refractivity contribution in [3.63, 3.8) is 0 Å². The zero-order valence-corrected chi connectivity index (χ0v) is 31.0. The second kappa shape index (κ2) is 16.2. The minimum Gasteiger partial charge on any atom is -0.497 e. The summed E-state index contributed by atoms with van der Waals surface area (Å²) in [5, 5.41) is 27.0. The third-order valence-electron chi connectivity index (χ3n) is 11.8. The highest BCUT2D eigenvalue weighted by Crippen LogP contribution is 2.59. The van der Waals surface area contributed by atoms with Gasteiger partial charge in [-0.25, -0.2) is 4.79 Å². The number of carbonyl (C=O) groups is 2. The Morgan fingerprint density at radius 2 is 1.67 bits per heavy atom. The second-order valence-corrected chi connectivity index (χ2v) is 15.2. The smallest absolute Gasteiger partial charge is 0.322 e. The fourth-order valence-corrected chi connectivity index (χ4v) is 8.54. The van der Waals surface area contributed by atoms with E-state index in [4.69, 9.17) is 14.2 Å². The number of hydrogen-bond acceptors (Lipinski definition) is 7. The van der Waals surface area contributed by atoms with Gasteiger partial charge >= 0.3 is 6.03 Å². The molecule has 0 aromatic heterocycles. The quantitative estimate of drug-likeness (QED) is 0.154. The minimum absolute atomic E-state index is 0.103. The van der Waals surface area contributed by atoms with Gasteiger partial charge in [0.1, 0.15) is 11.5 Å². The largest absolute Gasteiger partial charge is 0.497 e. The monoisotopic (exact) mass is 710 g/mol. The number of hydrogen-bond donors (Lipinski definition) is 3. The van der Waals surface area contributed by atoms with Gasteiger partial charge in [0.05, 0.1) is 38.6 Å². The van der Waals surface area contributed by atoms with E-state index in [0.717, 1.165) is 36.8 Å². The molecule has 5 atom stereocenters. The number of nitrogens with zero attached hydrogens (tertiary/aromatic N) is 1. The summed E-state index contributed by atoms with van der Waals surface area (Å²) in [5.74, 6) is 1.09. The molecule has 5 unspecified atom stereocenters. The van der Waals surface area contributed by atoms with Crippen LogP contribution in [0.25, 0.3) is 0 Å². The van der Waals surface area contributed by atoms with Gasteiger partial charge in [0.2, 0.25) is 0 Å². The average molecular weight is 711 g/mol. The summed E-state index contributed by atoms with van der Waals surface area (Å²) in [6.45, 7) is 5.39. The van der Waals surface area contributed by atoms with E-state index in [-0.39, 0.29) is 30.4 Å². The first kappa shape index (κ1) is 37.6. The molecule has 278 valence electrons. The number of nitrogens with one attached hydrogen (secondary N) is 1. The van der Waals surface area contributed by atoms with E-state index in [9.17, 15) is 19.8 Å². The molecule has 0 spiro atoms. The van der Waals surface area contributed by atoms with Gasteiger partial charge in [-0.05, 0) is 136 Å². The van der Waals surface area contributed by atoms with Crippen molar-refractivity contribution in [2.45, 2.75) is 95.4 Å². The number of allylic oxidation sites excluding steroid dienone is 2. The fraction of sp³-hybridized carbons (Fsp3) is 0.488. The normalized spacial score (nSPS) is 26.2. The van der Waals surface area contributed by atoms with Gasteiger partial charge in [0.15, 0.2) is 5.78 Å². The molecule has 1 saturated heterocycles. The predicted octanol–water partition coefficient (Wildman–Crippen LogP) is 7.69. The molecule has 9 nitrogen and oxygen atoms in total. The van der Waals surface area contributed by atoms with E-state index < -0.39 is 17.1 Å². The third-order valence-corrected chi connectivity index (χ3v) is 11.8. The Morgan fingerprint density at radius 1 is 0.962 bits per heavy atom. The van der Waals surface area contributed by atoms with Crippen LogP contribution in [0.3, 0.4) is 0 Å². The van der Waals surface area contributed by atoms with E-state index in [1.807, 2.05) is 18.2 Å². The predicted molar refractivity (Wildman–Crippen MR) is 202 cm³/mol. The van der Waals surface area contributed by atoms with Crippen molar-refractivity contribution < 1.29 is 34.0 Å². The molecule has 1 saturated carbocycles. The van der Waals surface area contributed by atoms with Crippen molar-refractivity contribution in [3.05, 3.63) is 101 Å². The van der Waals surface area contributed by atoms with E-state index in [0.29, 0.717) is 73.6 Å². The molecule has 1 aliphatic heterocycles. The molecule has 4 aliphatic rings. The summed E-state index contributed by atoms with van der Waals surface area (Å²) >= 11 is 0. The molecular formula is C43H54N2O7. The van der Waals surface area contributed by atoms with Crippen molar-refractivity contribution in [2.24, 2.45) is 5.41 Å². The number of rotatable bonds is 9. The Hall–Kier alpha value is -4.18. The number of aliphatic hydroxyl groups excluding tert-OH is 1. The van der Waals surface area contributed by atoms with Crippen LogP contribution in [0.4, 0.5) is 10.5 Å². The fourth-order valence-electron chi connectivity index (χ4n) is 8.54. The lowest BCUT2D eigenvalue weighted by Crippen LogP contribution is -2.55. The highest BCUT2D eigenvalue weighted by atomic mass is 16.5. The van der Waals surface area contributed by atoms with Crippen LogP contribution in [-0.4, -0.2) is 78.7 Å². The van der Waals surface area contributed by atoms with Crippen LogP contribution < -0.4 is 14.8 Å². The topological polar surface area (TPSA) is 118 Å². The van der Waals surface area contributed by atoms with Crippen LogP contribution >= 0.6 is 0 Å². The minimum atomic E-state index is -1.26. The lowest BCUT2D eigenvalue weighted by molar-refractivity contribution is -0.0799. The van der Waals surface area contributed by atoms with Gasteiger partial charge in [-0.15, -0.1) is 0 Å². The molecule has 2 bridgehead atoms. The number of aliphatic hydroxyl groups is 2. The third kappa shape index (κ3) is 8.22. The molecule has 7 rings (SSSR count). The van der Waals surface area contributed by atoms with Gasteiger partial charge < -0.3 is 34.6 Å².